The van der Waals surface area contributed by atoms with E-state index in [0.29, 0.717) is 5.69 Å². The number of anilines is 1. The van der Waals surface area contributed by atoms with Crippen molar-refractivity contribution in [3.63, 3.8) is 0 Å². The van der Waals surface area contributed by atoms with Crippen molar-refractivity contribution in [3.05, 3.63) is 45.4 Å². The van der Waals surface area contributed by atoms with Gasteiger partial charge in [-0.1, -0.05) is 11.6 Å². The van der Waals surface area contributed by atoms with E-state index in [1.807, 2.05) is 0 Å². The van der Waals surface area contributed by atoms with E-state index in [4.69, 9.17) is 16.3 Å². The summed E-state index contributed by atoms with van der Waals surface area (Å²) in [6.07, 6.45) is 1.43. The quantitative estimate of drug-likeness (QED) is 0.654. The zero-order chi connectivity index (χ0) is 16.8. The fraction of sp³-hybridized carbons (Fsp3) is 0.143. The maximum Gasteiger partial charge on any atom is 0.350 e. The van der Waals surface area contributed by atoms with Gasteiger partial charge in [0.2, 0.25) is 0 Å². The van der Waals surface area contributed by atoms with E-state index < -0.39 is 24.5 Å². The van der Waals surface area contributed by atoms with E-state index in [2.05, 4.69) is 15.0 Å². The van der Waals surface area contributed by atoms with Gasteiger partial charge in [0, 0.05) is 6.20 Å². The Morgan fingerprint density at radius 2 is 2.09 bits per heavy atom. The van der Waals surface area contributed by atoms with E-state index in [-0.39, 0.29) is 15.6 Å². The summed E-state index contributed by atoms with van der Waals surface area (Å²) in [4.78, 5) is 39.1. The average molecular weight is 355 g/mol. The second-order valence-corrected chi connectivity index (χ2v) is 5.40. The van der Waals surface area contributed by atoms with Gasteiger partial charge in [-0.2, -0.15) is 0 Å². The Labute approximate surface area is 140 Å². The van der Waals surface area contributed by atoms with Crippen LogP contribution in [0.5, 0.6) is 0 Å². The molecule has 0 saturated heterocycles. The SMILES string of the molecule is COC(=O)c1sccc1NC(=O)COC(=O)c1cccnc1Cl. The molecule has 2 aromatic heterocycles. The van der Waals surface area contributed by atoms with Crippen LogP contribution in [0.25, 0.3) is 0 Å². The van der Waals surface area contributed by atoms with Crippen molar-refractivity contribution in [2.45, 2.75) is 0 Å². The van der Waals surface area contributed by atoms with E-state index >= 15 is 0 Å². The number of methoxy groups -OCH3 is 1. The molecule has 0 unspecified atom stereocenters. The predicted molar refractivity (Wildman–Crippen MR) is 83.8 cm³/mol. The van der Waals surface area contributed by atoms with Gasteiger partial charge in [0.25, 0.3) is 5.91 Å². The molecule has 120 valence electrons. The molecule has 0 fully saturated rings. The highest BCUT2D eigenvalue weighted by atomic mass is 35.5. The number of ether oxygens (including phenoxy) is 2. The minimum atomic E-state index is -0.767. The third kappa shape index (κ3) is 4.27. The molecule has 0 aliphatic heterocycles. The molecular formula is C14H11ClN2O5S. The van der Waals surface area contributed by atoms with Crippen molar-refractivity contribution in [1.82, 2.24) is 4.98 Å². The molecule has 0 atom stereocenters. The van der Waals surface area contributed by atoms with Gasteiger partial charge >= 0.3 is 11.9 Å². The lowest BCUT2D eigenvalue weighted by Crippen LogP contribution is -2.21. The Kier molecular flexibility index (Phi) is 5.67. The largest absolute Gasteiger partial charge is 0.465 e. The third-order valence-electron chi connectivity index (χ3n) is 2.62. The number of hydrogen-bond acceptors (Lipinski definition) is 7. The third-order valence-corrected chi connectivity index (χ3v) is 3.82. The first kappa shape index (κ1) is 16.9. The van der Waals surface area contributed by atoms with Crippen LogP contribution < -0.4 is 5.32 Å². The summed E-state index contributed by atoms with van der Waals surface area (Å²) >= 11 is 6.88. The Hall–Kier alpha value is -2.45. The number of nitrogens with zero attached hydrogens (tertiary/aromatic N) is 1. The normalized spacial score (nSPS) is 10.0. The zero-order valence-electron chi connectivity index (χ0n) is 11.9. The lowest BCUT2D eigenvalue weighted by Gasteiger charge is -2.07. The van der Waals surface area contributed by atoms with Crippen molar-refractivity contribution >= 4 is 46.5 Å². The number of carbonyl (C=O) groups is 3. The summed E-state index contributed by atoms with van der Waals surface area (Å²) in [5.41, 5.74) is 0.357. The van der Waals surface area contributed by atoms with E-state index in [0.717, 1.165) is 11.3 Å². The summed E-state index contributed by atoms with van der Waals surface area (Å²) in [6.45, 7) is -0.527. The summed E-state index contributed by atoms with van der Waals surface area (Å²) < 4.78 is 9.46. The average Bonchev–Trinajstić information content (AvgIpc) is 3.00. The van der Waals surface area contributed by atoms with Crippen LogP contribution in [0.1, 0.15) is 20.0 Å². The molecule has 9 heteroatoms. The smallest absolute Gasteiger partial charge is 0.350 e. The number of rotatable bonds is 5. The highest BCUT2D eigenvalue weighted by molar-refractivity contribution is 7.12. The van der Waals surface area contributed by atoms with Gasteiger partial charge in [0.15, 0.2) is 6.61 Å². The van der Waals surface area contributed by atoms with Crippen molar-refractivity contribution < 1.29 is 23.9 Å². The Morgan fingerprint density at radius 1 is 1.30 bits per heavy atom. The van der Waals surface area contributed by atoms with E-state index in [1.54, 1.807) is 11.4 Å². The van der Waals surface area contributed by atoms with Crippen LogP contribution in [-0.2, 0) is 14.3 Å². The van der Waals surface area contributed by atoms with Crippen LogP contribution in [0.3, 0.4) is 0 Å². The number of carbonyl (C=O) groups excluding carboxylic acids is 3. The Balaban J connectivity index is 1.94. The number of nitrogens with one attached hydrogen (secondary N) is 1. The lowest BCUT2D eigenvalue weighted by atomic mass is 10.3. The molecule has 7 nitrogen and oxygen atoms in total. The maximum absolute atomic E-state index is 11.8. The van der Waals surface area contributed by atoms with E-state index in [1.165, 1.54) is 25.4 Å². The molecule has 1 amide bonds. The predicted octanol–water partition coefficient (Wildman–Crippen LogP) is 2.38. The minimum absolute atomic E-state index is 0.0104. The zero-order valence-corrected chi connectivity index (χ0v) is 13.4. The molecule has 0 saturated carbocycles. The Morgan fingerprint density at radius 3 is 2.78 bits per heavy atom. The number of aromatic nitrogens is 1. The molecule has 1 N–H and O–H groups in total. The molecule has 0 bridgehead atoms. The molecule has 23 heavy (non-hydrogen) atoms. The van der Waals surface area contributed by atoms with Gasteiger partial charge in [-0.3, -0.25) is 4.79 Å². The van der Waals surface area contributed by atoms with Crippen molar-refractivity contribution in [2.75, 3.05) is 19.0 Å². The number of pyridine rings is 1. The monoisotopic (exact) mass is 354 g/mol. The van der Waals surface area contributed by atoms with E-state index in [9.17, 15) is 14.4 Å². The standard InChI is InChI=1S/C14H11ClN2O5S/c1-21-14(20)11-9(4-6-23-11)17-10(18)7-22-13(19)8-3-2-5-16-12(8)15/h2-6H,7H2,1H3,(H,17,18). The number of amides is 1. The van der Waals surface area contributed by atoms with Crippen molar-refractivity contribution in [3.8, 4) is 0 Å². The molecule has 2 aromatic rings. The molecular weight excluding hydrogens is 344 g/mol. The van der Waals surface area contributed by atoms with Crippen LogP contribution in [0.4, 0.5) is 5.69 Å². The molecule has 0 aliphatic carbocycles. The minimum Gasteiger partial charge on any atom is -0.465 e. The van der Waals surface area contributed by atoms with Crippen LogP contribution in [0, 0.1) is 0 Å². The second-order valence-electron chi connectivity index (χ2n) is 4.12. The topological polar surface area (TPSA) is 94.6 Å². The van der Waals surface area contributed by atoms with Gasteiger partial charge in [-0.05, 0) is 23.6 Å². The van der Waals surface area contributed by atoms with Crippen LogP contribution in [0.2, 0.25) is 5.15 Å². The second kappa shape index (κ2) is 7.70. The van der Waals surface area contributed by atoms with Gasteiger partial charge in [-0.15, -0.1) is 11.3 Å². The first-order valence-corrected chi connectivity index (χ1v) is 7.52. The first-order chi connectivity index (χ1) is 11.0. The molecule has 0 aliphatic rings. The van der Waals surface area contributed by atoms with Crippen molar-refractivity contribution in [1.29, 1.82) is 0 Å². The summed E-state index contributed by atoms with van der Waals surface area (Å²) in [5.74, 6) is -1.92. The highest BCUT2D eigenvalue weighted by Crippen LogP contribution is 2.23. The number of thiophene rings is 1. The van der Waals surface area contributed by atoms with Crippen LogP contribution >= 0.6 is 22.9 Å². The molecule has 0 spiro atoms. The maximum atomic E-state index is 11.8. The van der Waals surface area contributed by atoms with Crippen LogP contribution in [0.15, 0.2) is 29.8 Å². The lowest BCUT2D eigenvalue weighted by molar-refractivity contribution is -0.119. The van der Waals surface area contributed by atoms with Gasteiger partial charge in [0.1, 0.15) is 10.0 Å². The van der Waals surface area contributed by atoms with Gasteiger partial charge in [-0.25, -0.2) is 14.6 Å². The summed E-state index contributed by atoms with van der Waals surface area (Å²) in [7, 11) is 1.24. The first-order valence-electron chi connectivity index (χ1n) is 6.26. The summed E-state index contributed by atoms with van der Waals surface area (Å²) in [6, 6.07) is 4.51. The molecule has 0 radical (unpaired) electrons. The fourth-order valence-electron chi connectivity index (χ4n) is 1.59. The Bertz CT molecular complexity index is 746. The molecule has 2 heterocycles. The summed E-state index contributed by atoms with van der Waals surface area (Å²) in [5, 5.41) is 4.09. The fourth-order valence-corrected chi connectivity index (χ4v) is 2.55. The van der Waals surface area contributed by atoms with Gasteiger partial charge < -0.3 is 14.8 Å². The van der Waals surface area contributed by atoms with Gasteiger partial charge in [0.05, 0.1) is 18.4 Å². The number of esters is 2. The molecule has 2 rings (SSSR count). The van der Waals surface area contributed by atoms with Crippen LogP contribution in [-0.4, -0.2) is 36.5 Å². The number of hydrogen-bond donors (Lipinski definition) is 1. The highest BCUT2D eigenvalue weighted by Gasteiger charge is 2.17. The number of halogens is 1. The molecule has 0 aromatic carbocycles. The van der Waals surface area contributed by atoms with Crippen molar-refractivity contribution in [2.24, 2.45) is 0 Å².